The third-order valence-electron chi connectivity index (χ3n) is 2.25. The van der Waals surface area contributed by atoms with Crippen LogP contribution in [0.4, 0.5) is 13.2 Å². The molecule has 0 N–H and O–H groups in total. The molecule has 0 atom stereocenters. The van der Waals surface area contributed by atoms with E-state index in [1.807, 2.05) is 0 Å². The minimum Gasteiger partial charge on any atom is -0.406 e. The van der Waals surface area contributed by atoms with E-state index in [0.717, 1.165) is 6.07 Å². The van der Waals surface area contributed by atoms with Crippen molar-refractivity contribution in [3.63, 3.8) is 0 Å². The van der Waals surface area contributed by atoms with Crippen molar-refractivity contribution in [2.75, 3.05) is 0 Å². The van der Waals surface area contributed by atoms with Gasteiger partial charge in [0, 0.05) is 5.56 Å². The summed E-state index contributed by atoms with van der Waals surface area (Å²) in [7, 11) is 0. The molecule has 0 bridgehead atoms. The molecule has 0 saturated heterocycles. The van der Waals surface area contributed by atoms with Gasteiger partial charge in [0.05, 0.1) is 10.0 Å². The van der Waals surface area contributed by atoms with Gasteiger partial charge in [0.1, 0.15) is 5.75 Å². The first-order valence-corrected chi connectivity index (χ1v) is 5.84. The second-order valence-electron chi connectivity index (χ2n) is 3.59. The fraction of sp³-hybridized carbons (Fsp3) is 0.0769. The molecule has 0 heterocycles. The maximum atomic E-state index is 12.1. The lowest BCUT2D eigenvalue weighted by Gasteiger charge is -2.11. The fourth-order valence-corrected chi connectivity index (χ4v) is 1.91. The molecule has 6 heteroatoms. The Morgan fingerprint density at radius 1 is 1.11 bits per heavy atom. The van der Waals surface area contributed by atoms with Gasteiger partial charge in [0.25, 0.3) is 0 Å². The normalized spacial score (nSPS) is 11.4. The van der Waals surface area contributed by atoms with Crippen LogP contribution in [0, 0.1) is 6.07 Å². The zero-order valence-corrected chi connectivity index (χ0v) is 10.8. The zero-order valence-electron chi connectivity index (χ0n) is 9.26. The Morgan fingerprint density at radius 2 is 1.84 bits per heavy atom. The number of ether oxygens (including phenoxy) is 1. The van der Waals surface area contributed by atoms with Gasteiger partial charge in [-0.25, -0.2) is 0 Å². The molecule has 0 spiro atoms. The van der Waals surface area contributed by atoms with Gasteiger partial charge < -0.3 is 4.74 Å². The lowest BCUT2D eigenvalue weighted by Crippen LogP contribution is -2.17. The van der Waals surface area contributed by atoms with Crippen LogP contribution in [0.1, 0.15) is 0 Å². The van der Waals surface area contributed by atoms with Crippen LogP contribution in [-0.4, -0.2) is 6.36 Å². The van der Waals surface area contributed by atoms with Gasteiger partial charge in [-0.3, -0.25) is 0 Å². The Hall–Kier alpha value is -1.39. The first kappa shape index (κ1) is 14.0. The van der Waals surface area contributed by atoms with Crippen LogP contribution < -0.4 is 4.74 Å². The van der Waals surface area contributed by atoms with Crippen molar-refractivity contribution < 1.29 is 17.9 Å². The van der Waals surface area contributed by atoms with Crippen molar-refractivity contribution in [3.8, 4) is 16.9 Å². The monoisotopic (exact) mass is 305 g/mol. The Balaban J connectivity index is 2.41. The van der Waals surface area contributed by atoms with Crippen molar-refractivity contribution in [3.05, 3.63) is 52.5 Å². The van der Waals surface area contributed by atoms with Gasteiger partial charge in [-0.15, -0.1) is 13.2 Å². The van der Waals surface area contributed by atoms with E-state index in [0.29, 0.717) is 16.1 Å². The van der Waals surface area contributed by atoms with Crippen molar-refractivity contribution in [1.29, 1.82) is 0 Å². The van der Waals surface area contributed by atoms with E-state index in [2.05, 4.69) is 10.8 Å². The lowest BCUT2D eigenvalue weighted by atomic mass is 10.1. The molecule has 1 radical (unpaired) electrons. The van der Waals surface area contributed by atoms with Gasteiger partial charge >= 0.3 is 6.36 Å². The molecule has 99 valence electrons. The van der Waals surface area contributed by atoms with E-state index in [-0.39, 0.29) is 10.8 Å². The van der Waals surface area contributed by atoms with Crippen molar-refractivity contribution in [1.82, 2.24) is 0 Å². The van der Waals surface area contributed by atoms with Gasteiger partial charge in [-0.2, -0.15) is 0 Å². The SMILES string of the molecule is FC(F)(F)Oc1cc[c]c(-c2cccc(Cl)c2Cl)c1. The number of halogens is 5. The van der Waals surface area contributed by atoms with Gasteiger partial charge in [-0.05, 0) is 29.8 Å². The summed E-state index contributed by atoms with van der Waals surface area (Å²) < 4.78 is 40.3. The predicted molar refractivity (Wildman–Crippen MR) is 67.4 cm³/mol. The summed E-state index contributed by atoms with van der Waals surface area (Å²) in [4.78, 5) is 0. The standard InChI is InChI=1S/C13H6Cl2F3O/c14-11-6-2-5-10(12(11)15)8-3-1-4-9(7-8)19-13(16,17)18/h1-2,4-7H. The predicted octanol–water partition coefficient (Wildman–Crippen LogP) is 5.36. The highest BCUT2D eigenvalue weighted by Gasteiger charge is 2.31. The largest absolute Gasteiger partial charge is 0.573 e. The average Bonchev–Trinajstić information content (AvgIpc) is 2.31. The summed E-state index contributed by atoms with van der Waals surface area (Å²) in [5.41, 5.74) is 0.857. The van der Waals surface area contributed by atoms with Gasteiger partial charge in [0.2, 0.25) is 0 Å². The number of alkyl halides is 3. The van der Waals surface area contributed by atoms with Gasteiger partial charge in [0.15, 0.2) is 0 Å². The van der Waals surface area contributed by atoms with Crippen LogP contribution in [0.3, 0.4) is 0 Å². The number of benzene rings is 2. The van der Waals surface area contributed by atoms with Crippen molar-refractivity contribution in [2.24, 2.45) is 0 Å². The van der Waals surface area contributed by atoms with Gasteiger partial charge in [-0.1, -0.05) is 41.4 Å². The molecule has 0 aliphatic rings. The summed E-state index contributed by atoms with van der Waals surface area (Å²) in [5.74, 6) is -0.336. The van der Waals surface area contributed by atoms with Crippen LogP contribution in [0.2, 0.25) is 10.0 Å². The first-order valence-electron chi connectivity index (χ1n) is 5.09. The van der Waals surface area contributed by atoms with Crippen molar-refractivity contribution >= 4 is 23.2 Å². The Kier molecular flexibility index (Phi) is 3.92. The van der Waals surface area contributed by atoms with Crippen molar-refractivity contribution in [2.45, 2.75) is 6.36 Å². The lowest BCUT2D eigenvalue weighted by molar-refractivity contribution is -0.274. The molecule has 0 aliphatic heterocycles. The Morgan fingerprint density at radius 3 is 2.53 bits per heavy atom. The summed E-state index contributed by atoms with van der Waals surface area (Å²) in [6.45, 7) is 0. The van der Waals surface area contributed by atoms with E-state index in [4.69, 9.17) is 23.2 Å². The molecule has 1 nitrogen and oxygen atoms in total. The third kappa shape index (κ3) is 3.55. The molecule has 2 rings (SSSR count). The highest BCUT2D eigenvalue weighted by Crippen LogP contribution is 2.35. The van der Waals surface area contributed by atoms with Crippen LogP contribution in [0.5, 0.6) is 5.75 Å². The molecule has 0 fully saturated rings. The molecule has 2 aromatic rings. The maximum absolute atomic E-state index is 12.1. The summed E-state index contributed by atoms with van der Waals surface area (Å²) >= 11 is 11.9. The van der Waals surface area contributed by atoms with Crippen LogP contribution in [0.25, 0.3) is 11.1 Å². The van der Waals surface area contributed by atoms with Crippen LogP contribution >= 0.6 is 23.2 Å². The molecule has 19 heavy (non-hydrogen) atoms. The quantitative estimate of drug-likeness (QED) is 0.726. The minimum absolute atomic E-state index is 0.254. The molecule has 0 saturated carbocycles. The van der Waals surface area contributed by atoms with Crippen LogP contribution in [0.15, 0.2) is 36.4 Å². The Bertz CT molecular complexity index is 597. The number of hydrogen-bond acceptors (Lipinski definition) is 1. The molecule has 2 aromatic carbocycles. The summed E-state index contributed by atoms with van der Waals surface area (Å²) in [6.07, 6.45) is -4.74. The van der Waals surface area contributed by atoms with E-state index in [1.54, 1.807) is 18.2 Å². The maximum Gasteiger partial charge on any atom is 0.573 e. The topological polar surface area (TPSA) is 9.23 Å². The van der Waals surface area contributed by atoms with E-state index >= 15 is 0 Å². The average molecular weight is 306 g/mol. The molecular weight excluding hydrogens is 300 g/mol. The van der Waals surface area contributed by atoms with Crippen LogP contribution in [-0.2, 0) is 0 Å². The second-order valence-corrected chi connectivity index (χ2v) is 4.37. The number of rotatable bonds is 2. The number of hydrogen-bond donors (Lipinski definition) is 0. The molecule has 0 amide bonds. The molecular formula is C13H6Cl2F3O. The van der Waals surface area contributed by atoms with E-state index in [1.165, 1.54) is 12.1 Å². The summed E-state index contributed by atoms with van der Waals surface area (Å²) in [6, 6.07) is 11.3. The molecule has 0 aromatic heterocycles. The summed E-state index contributed by atoms with van der Waals surface area (Å²) in [5, 5.41) is 0.569. The highest BCUT2D eigenvalue weighted by atomic mass is 35.5. The minimum atomic E-state index is -4.74. The second kappa shape index (κ2) is 5.31. The zero-order chi connectivity index (χ0) is 14.0. The highest BCUT2D eigenvalue weighted by molar-refractivity contribution is 6.43. The van der Waals surface area contributed by atoms with E-state index in [9.17, 15) is 13.2 Å². The fourth-order valence-electron chi connectivity index (χ4n) is 1.51. The smallest absolute Gasteiger partial charge is 0.406 e. The molecule has 0 unspecified atom stereocenters. The van der Waals surface area contributed by atoms with E-state index < -0.39 is 6.36 Å². The third-order valence-corrected chi connectivity index (χ3v) is 3.07. The first-order chi connectivity index (χ1) is 8.87. The Labute approximate surface area is 117 Å². The molecule has 0 aliphatic carbocycles.